The molecule has 0 bridgehead atoms. The van der Waals surface area contributed by atoms with Gasteiger partial charge in [-0.15, -0.1) is 12.6 Å². The fraction of sp³-hybridized carbons (Fsp3) is 0.533. The SMILES string of the molecule is CCC[N+]1=C(C)C(C)(C)c2cc(C)ccc21.O=S(=O)=O. The van der Waals surface area contributed by atoms with Gasteiger partial charge in [0.15, 0.2) is 5.71 Å². The first-order valence-corrected chi connectivity index (χ1v) is 7.71. The molecule has 1 aliphatic rings. The Labute approximate surface area is 122 Å². The summed E-state index contributed by atoms with van der Waals surface area (Å²) in [7, 11) is -3.11. The molecule has 0 unspecified atom stereocenters. The number of rotatable bonds is 2. The molecule has 0 N–H and O–H groups in total. The Morgan fingerprint density at radius 3 is 2.20 bits per heavy atom. The van der Waals surface area contributed by atoms with Gasteiger partial charge in [0, 0.05) is 25.0 Å². The lowest BCUT2D eigenvalue weighted by Crippen LogP contribution is -2.26. The van der Waals surface area contributed by atoms with Crippen molar-refractivity contribution >= 4 is 22.0 Å². The maximum absolute atomic E-state index is 8.44. The molecule has 0 saturated carbocycles. The van der Waals surface area contributed by atoms with Crippen molar-refractivity contribution in [2.45, 2.75) is 46.5 Å². The molecule has 1 aromatic carbocycles. The number of nitrogens with zero attached hydrogens (tertiary/aromatic N) is 1. The Balaban J connectivity index is 0.000000444. The van der Waals surface area contributed by atoms with Crippen LogP contribution in [0.25, 0.3) is 0 Å². The summed E-state index contributed by atoms with van der Waals surface area (Å²) in [5.41, 5.74) is 5.93. The van der Waals surface area contributed by atoms with E-state index < -0.39 is 10.6 Å². The lowest BCUT2D eigenvalue weighted by atomic mass is 9.82. The molecule has 1 aliphatic heterocycles. The molecule has 0 saturated heterocycles. The van der Waals surface area contributed by atoms with Crippen molar-refractivity contribution in [2.24, 2.45) is 0 Å². The summed E-state index contributed by atoms with van der Waals surface area (Å²) in [6, 6.07) is 6.84. The van der Waals surface area contributed by atoms with Gasteiger partial charge in [0.25, 0.3) is 0 Å². The van der Waals surface area contributed by atoms with Gasteiger partial charge in [0.1, 0.15) is 6.54 Å². The van der Waals surface area contributed by atoms with E-state index >= 15 is 0 Å². The lowest BCUT2D eigenvalue weighted by molar-refractivity contribution is -0.438. The second kappa shape index (κ2) is 6.31. The molecule has 4 nitrogen and oxygen atoms in total. The van der Waals surface area contributed by atoms with Gasteiger partial charge >= 0.3 is 10.6 Å². The van der Waals surface area contributed by atoms with E-state index in [0.29, 0.717) is 0 Å². The predicted octanol–water partition coefficient (Wildman–Crippen LogP) is 2.80. The molecular weight excluding hydrogens is 274 g/mol. The number of fused-ring (bicyclic) bond motifs is 1. The summed E-state index contributed by atoms with van der Waals surface area (Å²) < 4.78 is 27.8. The van der Waals surface area contributed by atoms with Crippen molar-refractivity contribution in [3.05, 3.63) is 29.3 Å². The minimum Gasteiger partial charge on any atom is -0.199 e. The average molecular weight is 296 g/mol. The van der Waals surface area contributed by atoms with Crippen molar-refractivity contribution in [1.82, 2.24) is 0 Å². The lowest BCUT2D eigenvalue weighted by Gasteiger charge is -2.15. The molecule has 1 heterocycles. The monoisotopic (exact) mass is 296 g/mol. The highest BCUT2D eigenvalue weighted by Crippen LogP contribution is 2.39. The topological polar surface area (TPSA) is 54.2 Å². The van der Waals surface area contributed by atoms with E-state index in [-0.39, 0.29) is 5.41 Å². The number of benzene rings is 1. The molecule has 20 heavy (non-hydrogen) atoms. The van der Waals surface area contributed by atoms with Crippen LogP contribution in [0.15, 0.2) is 18.2 Å². The zero-order valence-corrected chi connectivity index (χ0v) is 13.5. The minimum atomic E-state index is -3.11. The zero-order chi connectivity index (χ0) is 15.5. The summed E-state index contributed by atoms with van der Waals surface area (Å²) in [6.07, 6.45) is 1.20. The van der Waals surface area contributed by atoms with Crippen molar-refractivity contribution in [1.29, 1.82) is 0 Å². The summed E-state index contributed by atoms with van der Waals surface area (Å²) in [4.78, 5) is 0. The Hall–Kier alpha value is -1.49. The summed E-state index contributed by atoms with van der Waals surface area (Å²) in [6.45, 7) is 12.5. The molecule has 0 atom stereocenters. The molecule has 0 amide bonds. The number of hydrogen-bond acceptors (Lipinski definition) is 3. The molecule has 0 fully saturated rings. The first-order valence-electron chi connectivity index (χ1n) is 6.71. The molecule has 0 spiro atoms. The third kappa shape index (κ3) is 3.33. The largest absolute Gasteiger partial charge is 0.425 e. The maximum atomic E-state index is 8.44. The third-order valence-corrected chi connectivity index (χ3v) is 3.87. The molecular formula is C15H22NO3S+. The van der Waals surface area contributed by atoms with Crippen molar-refractivity contribution in [3.8, 4) is 0 Å². The van der Waals surface area contributed by atoms with E-state index in [0.717, 1.165) is 6.54 Å². The molecule has 1 aromatic rings. The number of hydrogen-bond donors (Lipinski definition) is 0. The normalized spacial score (nSPS) is 15.4. The van der Waals surface area contributed by atoms with Crippen molar-refractivity contribution in [3.63, 3.8) is 0 Å². The molecule has 0 aromatic heterocycles. The van der Waals surface area contributed by atoms with Crippen LogP contribution in [0.2, 0.25) is 0 Å². The zero-order valence-electron chi connectivity index (χ0n) is 12.7. The van der Waals surface area contributed by atoms with Crippen LogP contribution in [0.3, 0.4) is 0 Å². The van der Waals surface area contributed by atoms with E-state index in [1.54, 1.807) is 0 Å². The van der Waals surface area contributed by atoms with Crippen molar-refractivity contribution in [2.75, 3.05) is 6.54 Å². The van der Waals surface area contributed by atoms with Gasteiger partial charge in [0.05, 0.1) is 5.41 Å². The Kier molecular flexibility index (Phi) is 5.22. The molecule has 5 heteroatoms. The number of aryl methyl sites for hydroxylation is 1. The van der Waals surface area contributed by atoms with Gasteiger partial charge in [-0.3, -0.25) is 0 Å². The van der Waals surface area contributed by atoms with Crippen LogP contribution in [-0.2, 0) is 16.0 Å². The fourth-order valence-corrected chi connectivity index (χ4v) is 2.61. The van der Waals surface area contributed by atoms with E-state index in [9.17, 15) is 0 Å². The van der Waals surface area contributed by atoms with Crippen molar-refractivity contribution < 1.29 is 17.2 Å². The quantitative estimate of drug-likeness (QED) is 0.789. The second-order valence-electron chi connectivity index (χ2n) is 5.59. The Bertz CT molecular complexity index is 636. The minimum absolute atomic E-state index is 0.191. The highest BCUT2D eigenvalue weighted by atomic mass is 32.2. The van der Waals surface area contributed by atoms with Gasteiger partial charge in [-0.05, 0) is 26.8 Å². The van der Waals surface area contributed by atoms with Crippen LogP contribution in [0.4, 0.5) is 5.69 Å². The van der Waals surface area contributed by atoms with Crippen LogP contribution in [0.5, 0.6) is 0 Å². The smallest absolute Gasteiger partial charge is 0.199 e. The van der Waals surface area contributed by atoms with Crippen LogP contribution < -0.4 is 0 Å². The van der Waals surface area contributed by atoms with Gasteiger partial charge in [-0.25, -0.2) is 0 Å². The maximum Gasteiger partial charge on any atom is 0.425 e. The molecule has 0 aliphatic carbocycles. The van der Waals surface area contributed by atoms with Gasteiger partial charge < -0.3 is 0 Å². The first kappa shape index (κ1) is 16.6. The van der Waals surface area contributed by atoms with Gasteiger partial charge in [0.2, 0.25) is 5.69 Å². The summed E-state index contributed by atoms with van der Waals surface area (Å²) in [5, 5.41) is 0. The highest BCUT2D eigenvalue weighted by molar-refractivity contribution is 7.59. The fourth-order valence-electron chi connectivity index (χ4n) is 2.61. The van der Waals surface area contributed by atoms with Crippen LogP contribution in [-0.4, -0.2) is 29.5 Å². The summed E-state index contributed by atoms with van der Waals surface area (Å²) >= 11 is 0. The summed E-state index contributed by atoms with van der Waals surface area (Å²) in [5.74, 6) is 0. The van der Waals surface area contributed by atoms with Gasteiger partial charge in [-0.2, -0.15) is 4.58 Å². The molecule has 110 valence electrons. The molecule has 0 radical (unpaired) electrons. The highest BCUT2D eigenvalue weighted by Gasteiger charge is 2.42. The van der Waals surface area contributed by atoms with E-state index in [2.05, 4.69) is 57.4 Å². The first-order chi connectivity index (χ1) is 9.21. The predicted molar refractivity (Wildman–Crippen MR) is 79.7 cm³/mol. The van der Waals surface area contributed by atoms with E-state index in [4.69, 9.17) is 12.6 Å². The van der Waals surface area contributed by atoms with Gasteiger partial charge in [-0.1, -0.05) is 18.6 Å². The van der Waals surface area contributed by atoms with Crippen LogP contribution >= 0.6 is 0 Å². The second-order valence-corrected chi connectivity index (χ2v) is 6.00. The average Bonchev–Trinajstić information content (AvgIpc) is 2.51. The Morgan fingerprint density at radius 1 is 1.15 bits per heavy atom. The van der Waals surface area contributed by atoms with E-state index in [1.165, 1.54) is 28.9 Å². The van der Waals surface area contributed by atoms with E-state index in [1.807, 2.05) is 0 Å². The standard InChI is InChI=1S/C15H22N.O3S/c1-6-9-16-12(3)15(4,5)13-10-11(2)7-8-14(13)16;1-4(2)3/h7-8,10H,6,9H2,1-5H3;/q+1;. The molecule has 2 rings (SSSR count). The third-order valence-electron chi connectivity index (χ3n) is 3.87. The van der Waals surface area contributed by atoms with Crippen LogP contribution in [0.1, 0.15) is 45.2 Å². The Morgan fingerprint density at radius 2 is 1.70 bits per heavy atom. The van der Waals surface area contributed by atoms with Crippen LogP contribution in [0, 0.1) is 6.92 Å².